The molecule has 3 aromatic rings. The molecular formula is C31H37N5O2. The fourth-order valence-corrected chi connectivity index (χ4v) is 6.45. The summed E-state index contributed by atoms with van der Waals surface area (Å²) in [5, 5.41) is 12.1. The van der Waals surface area contributed by atoms with Crippen molar-refractivity contribution in [2.75, 3.05) is 5.32 Å². The van der Waals surface area contributed by atoms with Crippen LogP contribution >= 0.6 is 0 Å². The van der Waals surface area contributed by atoms with Crippen LogP contribution in [0.15, 0.2) is 30.6 Å². The minimum atomic E-state index is -0.375. The van der Waals surface area contributed by atoms with E-state index < -0.39 is 0 Å². The van der Waals surface area contributed by atoms with Gasteiger partial charge in [0, 0.05) is 31.3 Å². The van der Waals surface area contributed by atoms with Gasteiger partial charge in [0.05, 0.1) is 22.7 Å². The molecule has 3 heterocycles. The smallest absolute Gasteiger partial charge is 0.275 e. The zero-order chi connectivity index (χ0) is 26.6. The van der Waals surface area contributed by atoms with Gasteiger partial charge in [-0.15, -0.1) is 0 Å². The number of Topliss-reactive ketones (excluding diaryl/α,β-unsaturated/α-hetero) is 1. The molecule has 38 heavy (non-hydrogen) atoms. The fraction of sp³-hybridized carbons (Fsp3) is 0.516. The number of rotatable bonds is 6. The molecular weight excluding hydrogens is 474 g/mol. The second kappa shape index (κ2) is 11.5. The maximum absolute atomic E-state index is 13.2. The minimum absolute atomic E-state index is 0.194. The van der Waals surface area contributed by atoms with Crippen LogP contribution in [0, 0.1) is 23.2 Å². The summed E-state index contributed by atoms with van der Waals surface area (Å²) < 4.78 is 2.14. The molecule has 0 aromatic carbocycles. The Bertz CT molecular complexity index is 1380. The van der Waals surface area contributed by atoms with Crippen LogP contribution in [0.2, 0.25) is 0 Å². The van der Waals surface area contributed by atoms with Crippen LogP contribution in [0.1, 0.15) is 104 Å². The quantitative estimate of drug-likeness (QED) is 0.409. The van der Waals surface area contributed by atoms with E-state index in [2.05, 4.69) is 40.2 Å². The summed E-state index contributed by atoms with van der Waals surface area (Å²) in [6.45, 7) is 2.05. The number of aryl methyl sites for hydroxylation is 2. The average molecular weight is 512 g/mol. The first-order chi connectivity index (χ1) is 18.5. The SMILES string of the molecule is CCc1cc2c(nc1NC(=O)c1cc(C#N)ccn1)c(C1CCCCC(C(=O)C3CCCC3)CC1)cn2C. The summed E-state index contributed by atoms with van der Waals surface area (Å²) >= 11 is 0. The summed E-state index contributed by atoms with van der Waals surface area (Å²) in [5.41, 5.74) is 4.72. The van der Waals surface area contributed by atoms with Gasteiger partial charge < -0.3 is 9.88 Å². The largest absolute Gasteiger partial charge is 0.349 e. The molecule has 3 aromatic heterocycles. The highest BCUT2D eigenvalue weighted by Gasteiger charge is 2.31. The lowest BCUT2D eigenvalue weighted by Gasteiger charge is -2.26. The van der Waals surface area contributed by atoms with Crippen molar-refractivity contribution in [3.8, 4) is 6.07 Å². The first-order valence-electron chi connectivity index (χ1n) is 14.2. The molecule has 2 atom stereocenters. The van der Waals surface area contributed by atoms with Crippen molar-refractivity contribution >= 4 is 28.5 Å². The molecule has 0 saturated heterocycles. The molecule has 2 saturated carbocycles. The number of carbonyl (C=O) groups excluding carboxylic acids is 2. The second-order valence-electron chi connectivity index (χ2n) is 11.0. The van der Waals surface area contributed by atoms with E-state index in [1.54, 1.807) is 6.07 Å². The molecule has 0 aliphatic heterocycles. The summed E-state index contributed by atoms with van der Waals surface area (Å²) in [6.07, 6.45) is 15.2. The van der Waals surface area contributed by atoms with E-state index in [9.17, 15) is 14.9 Å². The van der Waals surface area contributed by atoms with Gasteiger partial charge in [-0.3, -0.25) is 14.6 Å². The van der Waals surface area contributed by atoms with Crippen LogP contribution in [0.3, 0.4) is 0 Å². The number of aromatic nitrogens is 3. The summed E-state index contributed by atoms with van der Waals surface area (Å²) in [4.78, 5) is 35.4. The Kier molecular flexibility index (Phi) is 7.87. The molecule has 1 N–H and O–H groups in total. The lowest BCUT2D eigenvalue weighted by Crippen LogP contribution is -2.23. The highest BCUT2D eigenvalue weighted by atomic mass is 16.2. The third-order valence-electron chi connectivity index (χ3n) is 8.62. The van der Waals surface area contributed by atoms with Crippen molar-refractivity contribution in [2.45, 2.75) is 83.5 Å². The number of nitrogens with one attached hydrogen (secondary N) is 1. The molecule has 0 spiro atoms. The van der Waals surface area contributed by atoms with Crippen LogP contribution < -0.4 is 5.32 Å². The minimum Gasteiger partial charge on any atom is -0.349 e. The van der Waals surface area contributed by atoms with E-state index in [1.165, 1.54) is 30.7 Å². The van der Waals surface area contributed by atoms with Gasteiger partial charge in [-0.05, 0) is 80.2 Å². The Labute approximate surface area is 224 Å². The number of hydrogen-bond donors (Lipinski definition) is 1. The monoisotopic (exact) mass is 511 g/mol. The van der Waals surface area contributed by atoms with E-state index in [4.69, 9.17) is 4.98 Å². The van der Waals surface area contributed by atoms with Gasteiger partial charge in [-0.25, -0.2) is 4.98 Å². The third kappa shape index (κ3) is 5.36. The standard InChI is InChI=1S/C31H37N5O2/c1-3-21-17-27-28(34-30(21)35-31(38)26-16-20(18-32)14-15-33-26)25(19-36(27)2)22-8-4-5-11-24(13-12-22)29(37)23-9-6-7-10-23/h14-17,19,22-24H,3-13H2,1-2H3,(H,34,35,38). The van der Waals surface area contributed by atoms with Crippen molar-refractivity contribution in [1.29, 1.82) is 5.26 Å². The highest BCUT2D eigenvalue weighted by molar-refractivity contribution is 6.03. The molecule has 198 valence electrons. The molecule has 2 aliphatic rings. The van der Waals surface area contributed by atoms with Crippen molar-refractivity contribution in [3.63, 3.8) is 0 Å². The number of pyridine rings is 2. The van der Waals surface area contributed by atoms with Crippen LogP contribution in [-0.2, 0) is 18.3 Å². The first kappa shape index (κ1) is 26.1. The van der Waals surface area contributed by atoms with Gasteiger partial charge in [-0.1, -0.05) is 32.6 Å². The number of amides is 1. The summed E-state index contributed by atoms with van der Waals surface area (Å²) in [6, 6.07) is 7.25. The van der Waals surface area contributed by atoms with Crippen LogP contribution in [0.25, 0.3) is 11.0 Å². The zero-order valence-corrected chi connectivity index (χ0v) is 22.5. The second-order valence-corrected chi connectivity index (χ2v) is 11.0. The van der Waals surface area contributed by atoms with Gasteiger partial charge in [0.2, 0.25) is 0 Å². The maximum Gasteiger partial charge on any atom is 0.275 e. The van der Waals surface area contributed by atoms with Crippen LogP contribution in [0.5, 0.6) is 0 Å². The Morgan fingerprint density at radius 1 is 1.05 bits per heavy atom. The van der Waals surface area contributed by atoms with Gasteiger partial charge in [0.15, 0.2) is 0 Å². The normalized spacial score (nSPS) is 20.6. The molecule has 0 radical (unpaired) electrons. The molecule has 5 rings (SSSR count). The Hall–Kier alpha value is -3.53. The van der Waals surface area contributed by atoms with Gasteiger partial charge in [0.25, 0.3) is 5.91 Å². The Morgan fingerprint density at radius 2 is 1.76 bits per heavy atom. The van der Waals surface area contributed by atoms with Crippen molar-refractivity contribution < 1.29 is 9.59 Å². The predicted octanol–water partition coefficient (Wildman–Crippen LogP) is 6.47. The first-order valence-corrected chi connectivity index (χ1v) is 14.2. The lowest BCUT2D eigenvalue weighted by molar-refractivity contribution is -0.127. The molecule has 2 unspecified atom stereocenters. The highest BCUT2D eigenvalue weighted by Crippen LogP contribution is 2.39. The number of nitrogens with zero attached hydrogens (tertiary/aromatic N) is 4. The van der Waals surface area contributed by atoms with E-state index in [1.807, 2.05) is 6.92 Å². The third-order valence-corrected chi connectivity index (χ3v) is 8.62. The molecule has 7 heteroatoms. The molecule has 0 bridgehead atoms. The average Bonchev–Trinajstić information content (AvgIpc) is 3.57. The van der Waals surface area contributed by atoms with Crippen LogP contribution in [-0.4, -0.2) is 26.2 Å². The van der Waals surface area contributed by atoms with E-state index in [-0.39, 0.29) is 17.5 Å². The van der Waals surface area contributed by atoms with Gasteiger partial charge in [0.1, 0.15) is 17.3 Å². The molecule has 2 fully saturated rings. The topological polar surface area (TPSA) is 101 Å². The Balaban J connectivity index is 1.42. The number of ketones is 1. The molecule has 7 nitrogen and oxygen atoms in total. The fourth-order valence-electron chi connectivity index (χ4n) is 6.45. The van der Waals surface area contributed by atoms with Gasteiger partial charge >= 0.3 is 0 Å². The van der Waals surface area contributed by atoms with Crippen LogP contribution in [0.4, 0.5) is 5.82 Å². The van der Waals surface area contributed by atoms with Crippen molar-refractivity contribution in [1.82, 2.24) is 14.5 Å². The summed E-state index contributed by atoms with van der Waals surface area (Å²) in [7, 11) is 2.05. The van der Waals surface area contributed by atoms with Gasteiger partial charge in [-0.2, -0.15) is 5.26 Å². The number of hydrogen-bond acceptors (Lipinski definition) is 5. The zero-order valence-electron chi connectivity index (χ0n) is 22.5. The number of carbonyl (C=O) groups is 2. The van der Waals surface area contributed by atoms with E-state index in [0.717, 1.165) is 74.4 Å². The number of nitriles is 1. The predicted molar refractivity (Wildman–Crippen MR) is 148 cm³/mol. The maximum atomic E-state index is 13.2. The number of anilines is 1. The molecule has 2 aliphatic carbocycles. The molecule has 1 amide bonds. The number of fused-ring (bicyclic) bond motifs is 1. The lowest BCUT2D eigenvalue weighted by atomic mass is 9.78. The summed E-state index contributed by atoms with van der Waals surface area (Å²) in [5.74, 6) is 1.52. The van der Waals surface area contributed by atoms with E-state index in [0.29, 0.717) is 29.0 Å². The Morgan fingerprint density at radius 3 is 2.47 bits per heavy atom. The van der Waals surface area contributed by atoms with E-state index >= 15 is 0 Å². The van der Waals surface area contributed by atoms with Crippen molar-refractivity contribution in [3.05, 3.63) is 53.0 Å². The van der Waals surface area contributed by atoms with Crippen molar-refractivity contribution in [2.24, 2.45) is 18.9 Å².